The number of carbonyl (C=O) groups excluding carboxylic acids is 2. The number of rotatable bonds is 5. The number of benzene rings is 2. The Balaban J connectivity index is 1.55. The van der Waals surface area contributed by atoms with E-state index in [1.165, 1.54) is 23.5 Å². The highest BCUT2D eigenvalue weighted by Crippen LogP contribution is 2.25. The summed E-state index contributed by atoms with van der Waals surface area (Å²) < 4.78 is 13.3. The van der Waals surface area contributed by atoms with Gasteiger partial charge in [-0.1, -0.05) is 29.8 Å². The molecule has 0 aliphatic carbocycles. The minimum Gasteiger partial charge on any atom is -0.343 e. The monoisotopic (exact) mass is 369 g/mol. The number of thiazole rings is 1. The molecule has 0 fully saturated rings. The topological polar surface area (TPSA) is 71.1 Å². The zero-order chi connectivity index (χ0) is 18.5. The van der Waals surface area contributed by atoms with Crippen molar-refractivity contribution in [3.63, 3.8) is 0 Å². The molecule has 7 heteroatoms. The summed E-state index contributed by atoms with van der Waals surface area (Å²) in [6.07, 6.45) is 0. The van der Waals surface area contributed by atoms with Crippen molar-refractivity contribution in [1.82, 2.24) is 10.3 Å². The lowest BCUT2D eigenvalue weighted by Crippen LogP contribution is -2.32. The number of nitrogens with one attached hydrogen (secondary N) is 2. The van der Waals surface area contributed by atoms with Gasteiger partial charge in [-0.05, 0) is 31.2 Å². The zero-order valence-electron chi connectivity index (χ0n) is 14.0. The van der Waals surface area contributed by atoms with E-state index >= 15 is 0 Å². The number of anilines is 1. The third kappa shape index (κ3) is 4.52. The van der Waals surface area contributed by atoms with Crippen LogP contribution >= 0.6 is 11.3 Å². The van der Waals surface area contributed by atoms with Crippen molar-refractivity contribution >= 4 is 28.3 Å². The number of carbonyl (C=O) groups is 2. The Labute approximate surface area is 153 Å². The van der Waals surface area contributed by atoms with Crippen LogP contribution in [0.15, 0.2) is 53.9 Å². The van der Waals surface area contributed by atoms with Crippen LogP contribution in [0.2, 0.25) is 0 Å². The van der Waals surface area contributed by atoms with E-state index in [4.69, 9.17) is 0 Å². The van der Waals surface area contributed by atoms with Gasteiger partial charge in [0.25, 0.3) is 5.91 Å². The van der Waals surface area contributed by atoms with Gasteiger partial charge in [0.15, 0.2) is 5.13 Å². The SMILES string of the molecule is Cc1ccc(C(=O)NCC(=O)Nc2nc(-c3cccc(F)c3)cs2)cc1. The fraction of sp³-hybridized carbons (Fsp3) is 0.105. The maximum absolute atomic E-state index is 13.3. The molecule has 0 saturated carbocycles. The normalized spacial score (nSPS) is 10.4. The van der Waals surface area contributed by atoms with Crippen molar-refractivity contribution in [3.8, 4) is 11.3 Å². The zero-order valence-corrected chi connectivity index (χ0v) is 14.8. The van der Waals surface area contributed by atoms with Crippen molar-refractivity contribution in [2.45, 2.75) is 6.92 Å². The number of aryl methyl sites for hydroxylation is 1. The Morgan fingerprint density at radius 3 is 2.65 bits per heavy atom. The lowest BCUT2D eigenvalue weighted by Gasteiger charge is -2.05. The number of aromatic nitrogens is 1. The molecular weight excluding hydrogens is 353 g/mol. The maximum atomic E-state index is 13.3. The van der Waals surface area contributed by atoms with Crippen LogP contribution in [0.1, 0.15) is 15.9 Å². The minimum atomic E-state index is -0.384. The molecule has 0 radical (unpaired) electrons. The van der Waals surface area contributed by atoms with E-state index in [0.717, 1.165) is 5.56 Å². The molecule has 26 heavy (non-hydrogen) atoms. The molecule has 0 bridgehead atoms. The van der Waals surface area contributed by atoms with E-state index in [0.29, 0.717) is 22.0 Å². The van der Waals surface area contributed by atoms with Crippen LogP contribution in [0.25, 0.3) is 11.3 Å². The predicted octanol–water partition coefficient (Wildman–Crippen LogP) is 3.63. The Kier molecular flexibility index (Phi) is 5.38. The third-order valence-electron chi connectivity index (χ3n) is 3.59. The molecule has 0 aliphatic rings. The van der Waals surface area contributed by atoms with Gasteiger partial charge in [0, 0.05) is 16.5 Å². The fourth-order valence-corrected chi connectivity index (χ4v) is 2.98. The van der Waals surface area contributed by atoms with Gasteiger partial charge in [-0.15, -0.1) is 11.3 Å². The third-order valence-corrected chi connectivity index (χ3v) is 4.35. The molecule has 0 atom stereocenters. The summed E-state index contributed by atoms with van der Waals surface area (Å²) in [5, 5.41) is 7.30. The second kappa shape index (κ2) is 7.88. The smallest absolute Gasteiger partial charge is 0.251 e. The van der Waals surface area contributed by atoms with E-state index in [1.807, 2.05) is 19.1 Å². The van der Waals surface area contributed by atoms with Crippen molar-refractivity contribution in [2.75, 3.05) is 11.9 Å². The molecule has 2 amide bonds. The van der Waals surface area contributed by atoms with Crippen molar-refractivity contribution < 1.29 is 14.0 Å². The molecule has 132 valence electrons. The average molecular weight is 369 g/mol. The Morgan fingerprint density at radius 1 is 1.15 bits per heavy atom. The van der Waals surface area contributed by atoms with Crippen LogP contribution in [0.3, 0.4) is 0 Å². The molecular formula is C19H16FN3O2S. The predicted molar refractivity (Wildman–Crippen MR) is 99.6 cm³/mol. The molecule has 3 rings (SSSR count). The maximum Gasteiger partial charge on any atom is 0.251 e. The van der Waals surface area contributed by atoms with E-state index in [-0.39, 0.29) is 24.2 Å². The lowest BCUT2D eigenvalue weighted by molar-refractivity contribution is -0.115. The van der Waals surface area contributed by atoms with E-state index in [9.17, 15) is 14.0 Å². The first kappa shape index (κ1) is 17.8. The minimum absolute atomic E-state index is 0.165. The van der Waals surface area contributed by atoms with E-state index in [1.54, 1.807) is 29.6 Å². The van der Waals surface area contributed by atoms with Crippen molar-refractivity contribution in [2.24, 2.45) is 0 Å². The fourth-order valence-electron chi connectivity index (χ4n) is 2.24. The molecule has 1 heterocycles. The van der Waals surface area contributed by atoms with Crippen LogP contribution < -0.4 is 10.6 Å². The van der Waals surface area contributed by atoms with Gasteiger partial charge in [-0.2, -0.15) is 0 Å². The number of hydrogen-bond acceptors (Lipinski definition) is 4. The highest BCUT2D eigenvalue weighted by Gasteiger charge is 2.11. The van der Waals surface area contributed by atoms with Gasteiger partial charge in [-0.3, -0.25) is 9.59 Å². The van der Waals surface area contributed by atoms with Gasteiger partial charge in [-0.25, -0.2) is 9.37 Å². The molecule has 2 N–H and O–H groups in total. The summed E-state index contributed by atoms with van der Waals surface area (Å²) in [5.74, 6) is -1.05. The number of halogens is 1. The van der Waals surface area contributed by atoms with Crippen molar-refractivity contribution in [3.05, 3.63) is 70.9 Å². The Morgan fingerprint density at radius 2 is 1.92 bits per heavy atom. The molecule has 0 saturated heterocycles. The lowest BCUT2D eigenvalue weighted by atomic mass is 10.1. The van der Waals surface area contributed by atoms with Gasteiger partial charge in [0.1, 0.15) is 5.82 Å². The highest BCUT2D eigenvalue weighted by molar-refractivity contribution is 7.14. The van der Waals surface area contributed by atoms with Crippen LogP contribution in [-0.2, 0) is 4.79 Å². The summed E-state index contributed by atoms with van der Waals surface area (Å²) in [5.41, 5.74) is 2.76. The second-order valence-electron chi connectivity index (χ2n) is 5.65. The van der Waals surface area contributed by atoms with Gasteiger partial charge in [0.2, 0.25) is 5.91 Å². The summed E-state index contributed by atoms with van der Waals surface area (Å²) >= 11 is 1.23. The van der Waals surface area contributed by atoms with Crippen molar-refractivity contribution in [1.29, 1.82) is 0 Å². The molecule has 2 aromatic carbocycles. The number of amides is 2. The molecule has 0 aliphatic heterocycles. The molecule has 3 aromatic rings. The van der Waals surface area contributed by atoms with Crippen LogP contribution in [0.5, 0.6) is 0 Å². The largest absolute Gasteiger partial charge is 0.343 e. The summed E-state index contributed by atoms with van der Waals surface area (Å²) in [6, 6.07) is 13.1. The summed E-state index contributed by atoms with van der Waals surface area (Å²) in [7, 11) is 0. The molecule has 0 spiro atoms. The quantitative estimate of drug-likeness (QED) is 0.721. The molecule has 1 aromatic heterocycles. The summed E-state index contributed by atoms with van der Waals surface area (Å²) in [6.45, 7) is 1.77. The Hall–Kier alpha value is -3.06. The van der Waals surface area contributed by atoms with E-state index < -0.39 is 0 Å². The van der Waals surface area contributed by atoms with Crippen LogP contribution in [0, 0.1) is 12.7 Å². The highest BCUT2D eigenvalue weighted by atomic mass is 32.1. The number of nitrogens with zero attached hydrogens (tertiary/aromatic N) is 1. The first-order valence-corrected chi connectivity index (χ1v) is 8.75. The average Bonchev–Trinajstić information content (AvgIpc) is 3.09. The van der Waals surface area contributed by atoms with E-state index in [2.05, 4.69) is 15.6 Å². The first-order chi connectivity index (χ1) is 12.5. The Bertz CT molecular complexity index is 938. The molecule has 5 nitrogen and oxygen atoms in total. The second-order valence-corrected chi connectivity index (χ2v) is 6.50. The van der Waals surface area contributed by atoms with Crippen LogP contribution in [0.4, 0.5) is 9.52 Å². The van der Waals surface area contributed by atoms with Gasteiger partial charge < -0.3 is 10.6 Å². The van der Waals surface area contributed by atoms with Crippen LogP contribution in [-0.4, -0.2) is 23.3 Å². The first-order valence-electron chi connectivity index (χ1n) is 7.87. The molecule has 0 unspecified atom stereocenters. The standard InChI is InChI=1S/C19H16FN3O2S/c1-12-5-7-13(8-6-12)18(25)21-10-17(24)23-19-22-16(11-26-19)14-3-2-4-15(20)9-14/h2-9,11H,10H2,1H3,(H,21,25)(H,22,23,24). The summed E-state index contributed by atoms with van der Waals surface area (Å²) in [4.78, 5) is 28.2. The van der Waals surface area contributed by atoms with Gasteiger partial charge >= 0.3 is 0 Å². The number of hydrogen-bond donors (Lipinski definition) is 2. The van der Waals surface area contributed by atoms with Gasteiger partial charge in [0.05, 0.1) is 12.2 Å².